The summed E-state index contributed by atoms with van der Waals surface area (Å²) in [6.45, 7) is 10.6. The molecule has 0 saturated heterocycles. The second kappa shape index (κ2) is 7.84. The number of ether oxygens (including phenoxy) is 1. The van der Waals surface area contributed by atoms with Gasteiger partial charge in [-0.3, -0.25) is 9.59 Å². The highest BCUT2D eigenvalue weighted by Gasteiger charge is 2.49. The predicted octanol–water partition coefficient (Wildman–Crippen LogP) is 5.80. The number of alkyl halides is 3. The molecule has 0 aliphatic carbocycles. The summed E-state index contributed by atoms with van der Waals surface area (Å²) in [6.07, 6.45) is -4.93. The van der Waals surface area contributed by atoms with E-state index in [9.17, 15) is 27.2 Å². The van der Waals surface area contributed by atoms with Gasteiger partial charge in [-0.2, -0.15) is 13.2 Å². The van der Waals surface area contributed by atoms with Crippen molar-refractivity contribution in [1.29, 1.82) is 0 Å². The summed E-state index contributed by atoms with van der Waals surface area (Å²) < 4.78 is 60.6. The summed E-state index contributed by atoms with van der Waals surface area (Å²) in [5.74, 6) is -3.10. The van der Waals surface area contributed by atoms with Crippen molar-refractivity contribution in [3.05, 3.63) is 51.1 Å². The molecule has 1 aliphatic heterocycles. The molecule has 0 bridgehead atoms. The zero-order chi connectivity index (χ0) is 24.2. The second-order valence-corrected chi connectivity index (χ2v) is 9.90. The fourth-order valence-electron chi connectivity index (χ4n) is 3.96. The number of halogens is 4. The van der Waals surface area contributed by atoms with E-state index in [0.717, 1.165) is 23.5 Å². The molecular formula is C22H24F4N2O3S. The number of thiophene rings is 1. The van der Waals surface area contributed by atoms with E-state index in [0.29, 0.717) is 16.5 Å². The maximum absolute atomic E-state index is 14.3. The normalized spacial score (nSPS) is 16.7. The van der Waals surface area contributed by atoms with Crippen LogP contribution in [-0.2, 0) is 22.1 Å². The van der Waals surface area contributed by atoms with E-state index in [1.54, 1.807) is 41.5 Å². The lowest BCUT2D eigenvalue weighted by atomic mass is 9.93. The molecule has 32 heavy (non-hydrogen) atoms. The molecule has 10 heteroatoms. The number of carbonyl (C=O) groups is 2. The number of benzene rings is 1. The van der Waals surface area contributed by atoms with Gasteiger partial charge in [0.15, 0.2) is 0 Å². The summed E-state index contributed by atoms with van der Waals surface area (Å²) in [7, 11) is 0. The molecular weight excluding hydrogens is 448 g/mol. The second-order valence-electron chi connectivity index (χ2n) is 8.88. The highest BCUT2D eigenvalue weighted by Crippen LogP contribution is 2.54. The number of amides is 2. The van der Waals surface area contributed by atoms with Crippen LogP contribution in [0.3, 0.4) is 0 Å². The minimum Gasteiger partial charge on any atom is -0.359 e. The number of fused-ring (bicyclic) bond motifs is 1. The van der Waals surface area contributed by atoms with Crippen LogP contribution in [-0.4, -0.2) is 17.9 Å². The lowest BCUT2D eigenvalue weighted by Crippen LogP contribution is -2.33. The monoisotopic (exact) mass is 472 g/mol. The van der Waals surface area contributed by atoms with Crippen molar-refractivity contribution < 1.29 is 31.9 Å². The van der Waals surface area contributed by atoms with Crippen molar-refractivity contribution in [1.82, 2.24) is 5.32 Å². The van der Waals surface area contributed by atoms with E-state index in [1.807, 2.05) is 0 Å². The van der Waals surface area contributed by atoms with Gasteiger partial charge in [0.1, 0.15) is 10.8 Å². The Bertz CT molecular complexity index is 1090. The first-order valence-corrected chi connectivity index (χ1v) is 10.7. The third kappa shape index (κ3) is 4.25. The number of nitrogens with one attached hydrogen (secondary N) is 2. The van der Waals surface area contributed by atoms with Gasteiger partial charge in [-0.1, -0.05) is 6.07 Å². The molecule has 0 spiro atoms. The molecule has 174 valence electrons. The van der Waals surface area contributed by atoms with Gasteiger partial charge in [-0.05, 0) is 53.7 Å². The van der Waals surface area contributed by atoms with Gasteiger partial charge in [0.2, 0.25) is 0 Å². The van der Waals surface area contributed by atoms with Gasteiger partial charge in [0.25, 0.3) is 11.8 Å². The standard InChI is InChI=1S/C22H24F4N2O3S/c1-10(2)27-18(30)14-15-16(21(5,6)31-20(15,3)4)32-19(14)28-17(29)13-11(22(24,25)26)8-7-9-12(13)23/h7-10H,1-6H3,(H,27,30)(H,28,29). The van der Waals surface area contributed by atoms with Crippen LogP contribution in [0.15, 0.2) is 18.2 Å². The minimum absolute atomic E-state index is 0.0407. The van der Waals surface area contributed by atoms with Gasteiger partial charge in [0, 0.05) is 16.5 Å². The molecule has 0 saturated carbocycles. The fourth-order valence-corrected chi connectivity index (χ4v) is 5.34. The molecule has 0 unspecified atom stereocenters. The number of hydrogen-bond donors (Lipinski definition) is 2. The highest BCUT2D eigenvalue weighted by atomic mass is 32.1. The molecule has 2 aromatic rings. The van der Waals surface area contributed by atoms with Gasteiger partial charge in [0.05, 0.1) is 27.9 Å². The van der Waals surface area contributed by atoms with Crippen LogP contribution < -0.4 is 10.6 Å². The molecule has 2 amide bonds. The number of anilines is 1. The molecule has 0 atom stereocenters. The molecule has 1 aliphatic rings. The van der Waals surface area contributed by atoms with Crippen LogP contribution in [0.5, 0.6) is 0 Å². The molecule has 2 heterocycles. The van der Waals surface area contributed by atoms with Crippen molar-refractivity contribution in [2.75, 3.05) is 5.32 Å². The average Bonchev–Trinajstić information content (AvgIpc) is 3.07. The van der Waals surface area contributed by atoms with Crippen molar-refractivity contribution in [2.45, 2.75) is 65.0 Å². The predicted molar refractivity (Wildman–Crippen MR) is 113 cm³/mol. The van der Waals surface area contributed by atoms with Crippen molar-refractivity contribution in [3.8, 4) is 0 Å². The lowest BCUT2D eigenvalue weighted by Gasteiger charge is -2.26. The SMILES string of the molecule is CC(C)NC(=O)c1c(NC(=O)c2c(F)cccc2C(F)(F)F)sc2c1C(C)(C)OC2(C)C. The quantitative estimate of drug-likeness (QED) is 0.553. The van der Waals surface area contributed by atoms with Gasteiger partial charge in [-0.15, -0.1) is 11.3 Å². The largest absolute Gasteiger partial charge is 0.417 e. The first kappa shape index (κ1) is 24.2. The summed E-state index contributed by atoms with van der Waals surface area (Å²) in [5.41, 5.74) is -3.56. The highest BCUT2D eigenvalue weighted by molar-refractivity contribution is 7.17. The Balaban J connectivity index is 2.15. The first-order chi connectivity index (χ1) is 14.6. The Morgan fingerprint density at radius 2 is 1.66 bits per heavy atom. The van der Waals surface area contributed by atoms with E-state index < -0.39 is 46.1 Å². The first-order valence-electron chi connectivity index (χ1n) is 9.92. The van der Waals surface area contributed by atoms with Crippen LogP contribution in [0.1, 0.15) is 78.3 Å². The maximum atomic E-state index is 14.3. The fraction of sp³-hybridized carbons (Fsp3) is 0.455. The smallest absolute Gasteiger partial charge is 0.359 e. The third-order valence-electron chi connectivity index (χ3n) is 4.99. The Kier molecular flexibility index (Phi) is 5.93. The molecule has 0 radical (unpaired) electrons. The molecule has 0 fully saturated rings. The van der Waals surface area contributed by atoms with Gasteiger partial charge >= 0.3 is 6.18 Å². The van der Waals surface area contributed by atoms with Crippen molar-refractivity contribution in [3.63, 3.8) is 0 Å². The van der Waals surface area contributed by atoms with Crippen LogP contribution >= 0.6 is 11.3 Å². The van der Waals surface area contributed by atoms with E-state index in [1.165, 1.54) is 0 Å². The van der Waals surface area contributed by atoms with Crippen molar-refractivity contribution >= 4 is 28.2 Å². The Hall–Kier alpha value is -2.46. The summed E-state index contributed by atoms with van der Waals surface area (Å²) >= 11 is 1.03. The van der Waals surface area contributed by atoms with E-state index in [2.05, 4.69) is 10.6 Å². The van der Waals surface area contributed by atoms with Crippen LogP contribution in [0.4, 0.5) is 22.6 Å². The number of carbonyl (C=O) groups excluding carboxylic acids is 2. The average molecular weight is 473 g/mol. The maximum Gasteiger partial charge on any atom is 0.417 e. The number of hydrogen-bond acceptors (Lipinski definition) is 4. The van der Waals surface area contributed by atoms with Crippen LogP contribution in [0.2, 0.25) is 0 Å². The molecule has 2 N–H and O–H groups in total. The van der Waals surface area contributed by atoms with E-state index >= 15 is 0 Å². The van der Waals surface area contributed by atoms with Gasteiger partial charge in [-0.25, -0.2) is 4.39 Å². The zero-order valence-corrected chi connectivity index (χ0v) is 19.3. The van der Waals surface area contributed by atoms with E-state index in [-0.39, 0.29) is 16.6 Å². The van der Waals surface area contributed by atoms with Crippen LogP contribution in [0.25, 0.3) is 0 Å². The summed E-state index contributed by atoms with van der Waals surface area (Å²) in [5, 5.41) is 5.15. The van der Waals surface area contributed by atoms with Crippen LogP contribution in [0, 0.1) is 5.82 Å². The Morgan fingerprint density at radius 3 is 2.22 bits per heavy atom. The van der Waals surface area contributed by atoms with Crippen molar-refractivity contribution in [2.24, 2.45) is 0 Å². The summed E-state index contributed by atoms with van der Waals surface area (Å²) in [6, 6.07) is 2.07. The van der Waals surface area contributed by atoms with E-state index in [4.69, 9.17) is 4.74 Å². The molecule has 3 rings (SSSR count). The third-order valence-corrected chi connectivity index (χ3v) is 6.40. The molecule has 5 nitrogen and oxygen atoms in total. The lowest BCUT2D eigenvalue weighted by molar-refractivity contribution is -0.138. The Labute approximate surface area is 187 Å². The zero-order valence-electron chi connectivity index (χ0n) is 18.5. The summed E-state index contributed by atoms with van der Waals surface area (Å²) in [4.78, 5) is 26.5. The molecule has 1 aromatic heterocycles. The molecule has 1 aromatic carbocycles. The topological polar surface area (TPSA) is 67.4 Å². The number of rotatable bonds is 4. The Morgan fingerprint density at radius 1 is 1.03 bits per heavy atom. The van der Waals surface area contributed by atoms with Gasteiger partial charge < -0.3 is 15.4 Å². The minimum atomic E-state index is -4.93.